The molecule has 0 rings (SSSR count). The van der Waals surface area contributed by atoms with Gasteiger partial charge >= 0.3 is 0 Å². The van der Waals surface area contributed by atoms with Gasteiger partial charge in [-0.25, -0.2) is 0 Å². The van der Waals surface area contributed by atoms with Crippen LogP contribution < -0.4 is 5.73 Å². The molecule has 0 spiro atoms. The molecule has 0 aliphatic heterocycles. The Hall–Kier alpha value is -1.41. The lowest BCUT2D eigenvalue weighted by Gasteiger charge is -1.95. The highest BCUT2D eigenvalue weighted by molar-refractivity contribution is 5.78. The first-order chi connectivity index (χ1) is 11.8. The van der Waals surface area contributed by atoms with Crippen molar-refractivity contribution in [2.24, 2.45) is 5.73 Å². The minimum absolute atomic E-state index is 0.286. The zero-order valence-electron chi connectivity index (χ0n) is 15.6. The van der Waals surface area contributed by atoms with Crippen LogP contribution in [-0.4, -0.2) is 12.3 Å². The van der Waals surface area contributed by atoms with Crippen molar-refractivity contribution >= 4 is 5.78 Å². The molecule has 0 aromatic heterocycles. The number of ketones is 1. The molecule has 0 unspecified atom stereocenters. The Labute approximate surface area is 149 Å². The first-order valence-corrected chi connectivity index (χ1v) is 9.63. The van der Waals surface area contributed by atoms with E-state index in [1.54, 1.807) is 0 Å². The minimum Gasteiger partial charge on any atom is -0.330 e. The molecule has 0 aromatic rings. The maximum Gasteiger partial charge on any atom is 0.134 e. The standard InChI is InChI=1S/C22H37NO/c1-2-3-4-5-6-7-8-9-10-11-12-13-14-15-16-17-18-19-22(24)20-21-23/h6-7,9-10,12-13,15-16H,2-5,8,11,14,17-21,23H2,1H3. The van der Waals surface area contributed by atoms with Crippen molar-refractivity contribution in [1.82, 2.24) is 0 Å². The summed E-state index contributed by atoms with van der Waals surface area (Å²) in [5.41, 5.74) is 5.34. The predicted octanol–water partition coefficient (Wildman–Crippen LogP) is 6.05. The lowest BCUT2D eigenvalue weighted by Crippen LogP contribution is -2.07. The van der Waals surface area contributed by atoms with E-state index < -0.39 is 0 Å². The van der Waals surface area contributed by atoms with Crippen LogP contribution in [0.25, 0.3) is 0 Å². The highest BCUT2D eigenvalue weighted by Gasteiger charge is 1.97. The maximum atomic E-state index is 11.3. The fraction of sp³-hybridized carbons (Fsp3) is 0.591. The summed E-state index contributed by atoms with van der Waals surface area (Å²) in [6.07, 6.45) is 29.0. The first-order valence-electron chi connectivity index (χ1n) is 9.63. The van der Waals surface area contributed by atoms with Gasteiger partial charge in [0.2, 0.25) is 0 Å². The molecule has 0 radical (unpaired) electrons. The van der Waals surface area contributed by atoms with E-state index in [1.807, 2.05) is 0 Å². The van der Waals surface area contributed by atoms with Crippen molar-refractivity contribution in [2.75, 3.05) is 6.54 Å². The van der Waals surface area contributed by atoms with Crippen LogP contribution in [0.2, 0.25) is 0 Å². The molecule has 0 fully saturated rings. The van der Waals surface area contributed by atoms with Gasteiger partial charge in [0.25, 0.3) is 0 Å². The fourth-order valence-corrected chi connectivity index (χ4v) is 2.26. The summed E-state index contributed by atoms with van der Waals surface area (Å²) < 4.78 is 0. The third kappa shape index (κ3) is 18.6. The molecular weight excluding hydrogens is 294 g/mol. The summed E-state index contributed by atoms with van der Waals surface area (Å²) in [5.74, 6) is 0.286. The monoisotopic (exact) mass is 331 g/mol. The number of allylic oxidation sites excluding steroid dienone is 8. The summed E-state index contributed by atoms with van der Waals surface area (Å²) in [6, 6.07) is 0. The predicted molar refractivity (Wildman–Crippen MR) is 107 cm³/mol. The number of nitrogens with two attached hydrogens (primary N) is 1. The fourth-order valence-electron chi connectivity index (χ4n) is 2.26. The molecule has 0 amide bonds. The Balaban J connectivity index is 3.43. The van der Waals surface area contributed by atoms with Crippen LogP contribution >= 0.6 is 0 Å². The molecule has 0 heterocycles. The van der Waals surface area contributed by atoms with Gasteiger partial charge in [-0.15, -0.1) is 0 Å². The molecule has 136 valence electrons. The number of rotatable bonds is 16. The van der Waals surface area contributed by atoms with Gasteiger partial charge in [0.05, 0.1) is 0 Å². The summed E-state index contributed by atoms with van der Waals surface area (Å²) in [6.45, 7) is 2.71. The third-order valence-corrected chi connectivity index (χ3v) is 3.71. The van der Waals surface area contributed by atoms with Gasteiger partial charge in [-0.1, -0.05) is 68.4 Å². The second-order valence-corrected chi connectivity index (χ2v) is 6.06. The van der Waals surface area contributed by atoms with Crippen LogP contribution in [0, 0.1) is 0 Å². The van der Waals surface area contributed by atoms with Crippen LogP contribution in [0.4, 0.5) is 0 Å². The highest BCUT2D eigenvalue weighted by atomic mass is 16.1. The van der Waals surface area contributed by atoms with E-state index in [4.69, 9.17) is 5.73 Å². The number of hydrogen-bond acceptors (Lipinski definition) is 2. The second kappa shape index (κ2) is 19.6. The smallest absolute Gasteiger partial charge is 0.134 e. The maximum absolute atomic E-state index is 11.3. The second-order valence-electron chi connectivity index (χ2n) is 6.06. The average Bonchev–Trinajstić information content (AvgIpc) is 2.58. The molecule has 0 aliphatic carbocycles. The van der Waals surface area contributed by atoms with E-state index in [0.717, 1.165) is 32.1 Å². The Morgan fingerprint density at radius 3 is 1.71 bits per heavy atom. The van der Waals surface area contributed by atoms with Gasteiger partial charge in [-0.2, -0.15) is 0 Å². The lowest BCUT2D eigenvalue weighted by atomic mass is 10.1. The average molecular weight is 332 g/mol. The van der Waals surface area contributed by atoms with Crippen molar-refractivity contribution in [3.05, 3.63) is 48.6 Å². The van der Waals surface area contributed by atoms with Gasteiger partial charge in [0.15, 0.2) is 0 Å². The van der Waals surface area contributed by atoms with Crippen molar-refractivity contribution in [1.29, 1.82) is 0 Å². The van der Waals surface area contributed by atoms with E-state index in [2.05, 4.69) is 55.5 Å². The highest BCUT2D eigenvalue weighted by Crippen LogP contribution is 2.02. The van der Waals surface area contributed by atoms with E-state index in [1.165, 1.54) is 25.7 Å². The molecule has 2 heteroatoms. The Bertz CT molecular complexity index is 391. The summed E-state index contributed by atoms with van der Waals surface area (Å²) in [5, 5.41) is 0. The first kappa shape index (κ1) is 22.6. The molecule has 0 aromatic carbocycles. The van der Waals surface area contributed by atoms with E-state index >= 15 is 0 Å². The Morgan fingerprint density at radius 1 is 0.708 bits per heavy atom. The topological polar surface area (TPSA) is 43.1 Å². The number of carbonyl (C=O) groups excluding carboxylic acids is 1. The molecule has 0 saturated carbocycles. The normalized spacial score (nSPS) is 12.4. The van der Waals surface area contributed by atoms with Crippen molar-refractivity contribution in [2.45, 2.75) is 77.6 Å². The zero-order chi connectivity index (χ0) is 17.7. The zero-order valence-corrected chi connectivity index (χ0v) is 15.6. The Morgan fingerprint density at radius 2 is 1.21 bits per heavy atom. The number of Topliss-reactive ketones (excluding diaryl/α,β-unsaturated/α-hetero) is 1. The van der Waals surface area contributed by atoms with Crippen LogP contribution in [0.3, 0.4) is 0 Å². The van der Waals surface area contributed by atoms with Crippen LogP contribution in [0.15, 0.2) is 48.6 Å². The van der Waals surface area contributed by atoms with Gasteiger partial charge in [-0.3, -0.25) is 4.79 Å². The summed E-state index contributed by atoms with van der Waals surface area (Å²) in [4.78, 5) is 11.3. The van der Waals surface area contributed by atoms with E-state index in [-0.39, 0.29) is 5.78 Å². The van der Waals surface area contributed by atoms with E-state index in [0.29, 0.717) is 19.4 Å². The molecular formula is C22H37NO. The number of carbonyl (C=O) groups is 1. The van der Waals surface area contributed by atoms with Gasteiger partial charge in [-0.05, 0) is 51.5 Å². The molecule has 2 N–H and O–H groups in total. The minimum atomic E-state index is 0.286. The molecule has 0 bridgehead atoms. The third-order valence-electron chi connectivity index (χ3n) is 3.71. The van der Waals surface area contributed by atoms with Crippen molar-refractivity contribution < 1.29 is 4.79 Å². The molecule has 24 heavy (non-hydrogen) atoms. The number of unbranched alkanes of at least 4 members (excludes halogenated alkanes) is 4. The molecule has 0 aliphatic rings. The van der Waals surface area contributed by atoms with Crippen molar-refractivity contribution in [3.8, 4) is 0 Å². The molecule has 0 atom stereocenters. The van der Waals surface area contributed by atoms with Crippen LogP contribution in [0.5, 0.6) is 0 Å². The van der Waals surface area contributed by atoms with Gasteiger partial charge in [0.1, 0.15) is 5.78 Å². The van der Waals surface area contributed by atoms with Gasteiger partial charge in [0, 0.05) is 12.8 Å². The number of hydrogen-bond donors (Lipinski definition) is 1. The summed E-state index contributed by atoms with van der Waals surface area (Å²) in [7, 11) is 0. The van der Waals surface area contributed by atoms with E-state index in [9.17, 15) is 4.79 Å². The van der Waals surface area contributed by atoms with Crippen LogP contribution in [0.1, 0.15) is 77.6 Å². The molecule has 2 nitrogen and oxygen atoms in total. The quantitative estimate of drug-likeness (QED) is 0.276. The lowest BCUT2D eigenvalue weighted by molar-refractivity contribution is -0.118. The summed E-state index contributed by atoms with van der Waals surface area (Å²) >= 11 is 0. The molecule has 0 saturated heterocycles. The van der Waals surface area contributed by atoms with Gasteiger partial charge < -0.3 is 5.73 Å². The SMILES string of the molecule is CCCCCC=CCC=CCC=CCC=CCCCC(=O)CCN. The Kier molecular flexibility index (Phi) is 18.5. The largest absolute Gasteiger partial charge is 0.330 e. The van der Waals surface area contributed by atoms with Crippen molar-refractivity contribution in [3.63, 3.8) is 0 Å². The van der Waals surface area contributed by atoms with Crippen LogP contribution in [-0.2, 0) is 4.79 Å².